The number of carbonyl (C=O) groups is 1. The zero-order chi connectivity index (χ0) is 13.5. The van der Waals surface area contributed by atoms with Crippen molar-refractivity contribution in [3.63, 3.8) is 0 Å². The van der Waals surface area contributed by atoms with E-state index in [1.165, 1.54) is 17.4 Å². The van der Waals surface area contributed by atoms with Crippen LogP contribution in [0, 0.1) is 0 Å². The van der Waals surface area contributed by atoms with Crippen LogP contribution in [0.2, 0.25) is 0 Å². The van der Waals surface area contributed by atoms with Gasteiger partial charge in [0.05, 0.1) is 13.2 Å². The van der Waals surface area contributed by atoms with Crippen LogP contribution < -0.4 is 0 Å². The van der Waals surface area contributed by atoms with Crippen LogP contribution in [0.5, 0.6) is 0 Å². The number of fused-ring (bicyclic) bond motifs is 1. The van der Waals surface area contributed by atoms with Crippen LogP contribution in [0.15, 0.2) is 16.3 Å². The van der Waals surface area contributed by atoms with E-state index in [0.717, 1.165) is 4.31 Å². The normalized spacial score (nSPS) is 22.1. The van der Waals surface area contributed by atoms with Gasteiger partial charge in [-0.05, 0) is 17.9 Å². The first kappa shape index (κ1) is 13.0. The molecule has 0 N–H and O–H groups in total. The van der Waals surface area contributed by atoms with Gasteiger partial charge in [-0.15, -0.1) is 11.3 Å². The van der Waals surface area contributed by atoms with Crippen molar-refractivity contribution in [2.45, 2.75) is 24.0 Å². The molecule has 0 bridgehead atoms. The van der Waals surface area contributed by atoms with E-state index in [9.17, 15) is 13.2 Å². The lowest BCUT2D eigenvalue weighted by Gasteiger charge is -2.16. The first-order valence-electron chi connectivity index (χ1n) is 5.98. The first-order valence-corrected chi connectivity index (χ1v) is 8.30. The second-order valence-electron chi connectivity index (χ2n) is 4.31. The van der Waals surface area contributed by atoms with E-state index in [-0.39, 0.29) is 17.7 Å². The number of hydrogen-bond acceptors (Lipinski definition) is 6. The molecular weight excluding hydrogens is 290 g/mol. The monoisotopic (exact) mass is 303 g/mol. The highest BCUT2D eigenvalue weighted by Crippen LogP contribution is 2.34. The minimum atomic E-state index is -3.64. The topological polar surface area (TPSA) is 72.9 Å². The number of amides is 1. The maximum Gasteiger partial charge on any atom is 0.279 e. The van der Waals surface area contributed by atoms with E-state index < -0.39 is 15.9 Å². The van der Waals surface area contributed by atoms with Gasteiger partial charge in [-0.2, -0.15) is 0 Å². The highest BCUT2D eigenvalue weighted by atomic mass is 32.2. The Hall–Kier alpha value is -0.960. The van der Waals surface area contributed by atoms with Crippen molar-refractivity contribution < 1.29 is 22.7 Å². The van der Waals surface area contributed by atoms with Crippen LogP contribution in [0.25, 0.3) is 0 Å². The molecule has 1 aromatic heterocycles. The molecule has 0 atom stereocenters. The summed E-state index contributed by atoms with van der Waals surface area (Å²) in [5, 5.41) is 1.62. The lowest BCUT2D eigenvalue weighted by atomic mass is 10.3. The highest BCUT2D eigenvalue weighted by Gasteiger charge is 2.41. The number of thiophene rings is 1. The molecule has 1 aromatic rings. The molecule has 1 fully saturated rings. The molecule has 19 heavy (non-hydrogen) atoms. The standard InChI is InChI=1S/C11H13NO5S2/c13-11-10-8(3-7-18-10)19(14,15)12(11)4-1-2-9-16-5-6-17-9/h3,7,9H,1-2,4-6H2. The molecular formula is C11H13NO5S2. The lowest BCUT2D eigenvalue weighted by molar-refractivity contribution is -0.0480. The van der Waals surface area contributed by atoms with Gasteiger partial charge in [-0.3, -0.25) is 4.79 Å². The summed E-state index contributed by atoms with van der Waals surface area (Å²) in [6.07, 6.45) is 0.854. The minimum absolute atomic E-state index is 0.135. The third-order valence-electron chi connectivity index (χ3n) is 3.11. The minimum Gasteiger partial charge on any atom is -0.350 e. The van der Waals surface area contributed by atoms with Gasteiger partial charge in [-0.25, -0.2) is 12.7 Å². The molecule has 104 valence electrons. The van der Waals surface area contributed by atoms with Gasteiger partial charge in [0.2, 0.25) is 0 Å². The van der Waals surface area contributed by atoms with E-state index in [2.05, 4.69) is 0 Å². The van der Waals surface area contributed by atoms with Gasteiger partial charge in [0, 0.05) is 13.0 Å². The number of carbonyl (C=O) groups excluding carboxylic acids is 1. The predicted octanol–water partition coefficient (Wildman–Crippen LogP) is 1.05. The first-order chi connectivity index (χ1) is 9.10. The van der Waals surface area contributed by atoms with Crippen molar-refractivity contribution in [3.8, 4) is 0 Å². The SMILES string of the molecule is O=C1c2sccc2S(=O)(=O)N1CCCC1OCCO1. The average molecular weight is 303 g/mol. The van der Waals surface area contributed by atoms with Crippen molar-refractivity contribution in [2.24, 2.45) is 0 Å². The van der Waals surface area contributed by atoms with Crippen LogP contribution in [-0.2, 0) is 19.5 Å². The Balaban J connectivity index is 1.65. The summed E-state index contributed by atoms with van der Waals surface area (Å²) < 4.78 is 35.8. The second kappa shape index (κ2) is 4.86. The van der Waals surface area contributed by atoms with E-state index in [1.807, 2.05) is 0 Å². The number of rotatable bonds is 4. The summed E-state index contributed by atoms with van der Waals surface area (Å²) in [4.78, 5) is 12.4. The maximum absolute atomic E-state index is 12.1. The van der Waals surface area contributed by atoms with Crippen LogP contribution >= 0.6 is 11.3 Å². The number of nitrogens with zero attached hydrogens (tertiary/aromatic N) is 1. The van der Waals surface area contributed by atoms with Crippen LogP contribution in [0.1, 0.15) is 22.5 Å². The summed E-state index contributed by atoms with van der Waals surface area (Å²) in [5.74, 6) is -0.418. The Bertz CT molecular complexity index is 588. The van der Waals surface area contributed by atoms with E-state index in [1.54, 1.807) is 5.38 Å². The third kappa shape index (κ3) is 2.18. The maximum atomic E-state index is 12.1. The highest BCUT2D eigenvalue weighted by molar-refractivity contribution is 7.90. The summed E-state index contributed by atoms with van der Waals surface area (Å²) in [6.45, 7) is 1.32. The summed E-state index contributed by atoms with van der Waals surface area (Å²) >= 11 is 1.17. The Kier molecular flexibility index (Phi) is 3.34. The Morgan fingerprint density at radius 1 is 1.37 bits per heavy atom. The van der Waals surface area contributed by atoms with Crippen molar-refractivity contribution >= 4 is 27.3 Å². The smallest absolute Gasteiger partial charge is 0.279 e. The molecule has 0 saturated carbocycles. The molecule has 0 radical (unpaired) electrons. The summed E-state index contributed by atoms with van der Waals surface area (Å²) in [5.41, 5.74) is 0. The van der Waals surface area contributed by atoms with Gasteiger partial charge >= 0.3 is 0 Å². The molecule has 2 aliphatic heterocycles. The second-order valence-corrected chi connectivity index (χ2v) is 7.06. The third-order valence-corrected chi connectivity index (χ3v) is 5.97. The zero-order valence-corrected chi connectivity index (χ0v) is 11.7. The van der Waals surface area contributed by atoms with Gasteiger partial charge in [0.1, 0.15) is 9.77 Å². The molecule has 0 aliphatic carbocycles. The Morgan fingerprint density at radius 2 is 2.11 bits per heavy atom. The molecule has 6 nitrogen and oxygen atoms in total. The quantitative estimate of drug-likeness (QED) is 0.831. The molecule has 0 unspecified atom stereocenters. The molecule has 1 saturated heterocycles. The number of ether oxygens (including phenoxy) is 2. The zero-order valence-electron chi connectivity index (χ0n) is 10.1. The Labute approximate surface area is 115 Å². The van der Waals surface area contributed by atoms with E-state index in [0.29, 0.717) is 30.9 Å². The van der Waals surface area contributed by atoms with Crippen LogP contribution in [-0.4, -0.2) is 44.7 Å². The average Bonchev–Trinajstić information content (AvgIpc) is 3.06. The Morgan fingerprint density at radius 3 is 2.79 bits per heavy atom. The molecule has 2 aliphatic rings. The molecule has 1 amide bonds. The fourth-order valence-electron chi connectivity index (χ4n) is 2.19. The largest absolute Gasteiger partial charge is 0.350 e. The lowest BCUT2D eigenvalue weighted by Crippen LogP contribution is -2.31. The predicted molar refractivity (Wildman–Crippen MR) is 67.5 cm³/mol. The molecule has 0 spiro atoms. The fraction of sp³-hybridized carbons (Fsp3) is 0.545. The molecule has 8 heteroatoms. The van der Waals surface area contributed by atoms with Crippen molar-refractivity contribution in [1.29, 1.82) is 0 Å². The molecule has 3 rings (SSSR count). The van der Waals surface area contributed by atoms with Crippen molar-refractivity contribution in [1.82, 2.24) is 4.31 Å². The molecule has 3 heterocycles. The molecule has 0 aromatic carbocycles. The van der Waals surface area contributed by atoms with Crippen molar-refractivity contribution in [2.75, 3.05) is 19.8 Å². The van der Waals surface area contributed by atoms with Crippen LogP contribution in [0.3, 0.4) is 0 Å². The van der Waals surface area contributed by atoms with E-state index >= 15 is 0 Å². The van der Waals surface area contributed by atoms with Gasteiger partial charge < -0.3 is 9.47 Å². The van der Waals surface area contributed by atoms with Gasteiger partial charge in [0.15, 0.2) is 6.29 Å². The summed E-state index contributed by atoms with van der Waals surface area (Å²) in [6, 6.07) is 1.48. The van der Waals surface area contributed by atoms with Gasteiger partial charge in [-0.1, -0.05) is 0 Å². The number of hydrogen-bond donors (Lipinski definition) is 0. The van der Waals surface area contributed by atoms with Crippen molar-refractivity contribution in [3.05, 3.63) is 16.3 Å². The van der Waals surface area contributed by atoms with Crippen LogP contribution in [0.4, 0.5) is 0 Å². The number of sulfonamides is 1. The van der Waals surface area contributed by atoms with E-state index in [4.69, 9.17) is 9.47 Å². The summed E-state index contributed by atoms with van der Waals surface area (Å²) in [7, 11) is -3.64. The fourth-order valence-corrected chi connectivity index (χ4v) is 5.01. The van der Waals surface area contributed by atoms with Gasteiger partial charge in [0.25, 0.3) is 15.9 Å².